The summed E-state index contributed by atoms with van der Waals surface area (Å²) in [6.45, 7) is 9.32. The second kappa shape index (κ2) is 6.76. The molecule has 0 radical (unpaired) electrons. The highest BCUT2D eigenvalue weighted by Crippen LogP contribution is 2.26. The normalized spacial score (nSPS) is 12.7. The van der Waals surface area contributed by atoms with Crippen molar-refractivity contribution in [1.82, 2.24) is 14.9 Å². The Hall–Kier alpha value is -1.81. The molecule has 21 heavy (non-hydrogen) atoms. The van der Waals surface area contributed by atoms with Gasteiger partial charge in [0.15, 0.2) is 0 Å². The van der Waals surface area contributed by atoms with Crippen molar-refractivity contribution >= 4 is 0 Å². The summed E-state index contributed by atoms with van der Waals surface area (Å²) in [7, 11) is 1.71. The molecule has 0 spiro atoms. The van der Waals surface area contributed by atoms with E-state index < -0.39 is 0 Å². The highest BCUT2D eigenvalue weighted by atomic mass is 16.5. The molecule has 114 valence electrons. The van der Waals surface area contributed by atoms with Crippen LogP contribution in [0, 0.1) is 6.92 Å². The van der Waals surface area contributed by atoms with Crippen LogP contribution in [0.15, 0.2) is 30.6 Å². The minimum atomic E-state index is 0.206. The molecule has 0 aliphatic heterocycles. The van der Waals surface area contributed by atoms with Crippen molar-refractivity contribution in [1.29, 1.82) is 0 Å². The molecule has 0 aliphatic rings. The maximum atomic E-state index is 5.46. The van der Waals surface area contributed by atoms with Gasteiger partial charge in [-0.25, -0.2) is 4.98 Å². The van der Waals surface area contributed by atoms with Crippen LogP contribution in [-0.4, -0.2) is 16.7 Å². The maximum Gasteiger partial charge on any atom is 0.123 e. The fourth-order valence-electron chi connectivity index (χ4n) is 2.50. The van der Waals surface area contributed by atoms with Crippen molar-refractivity contribution in [2.45, 2.75) is 46.3 Å². The number of methoxy groups -OCH3 is 1. The van der Waals surface area contributed by atoms with Crippen molar-refractivity contribution in [2.75, 3.05) is 7.11 Å². The van der Waals surface area contributed by atoms with E-state index in [9.17, 15) is 0 Å². The number of rotatable bonds is 6. The Morgan fingerprint density at radius 3 is 2.71 bits per heavy atom. The van der Waals surface area contributed by atoms with Gasteiger partial charge in [-0.15, -0.1) is 0 Å². The van der Waals surface area contributed by atoms with Crippen LogP contribution in [0.25, 0.3) is 0 Å². The number of hydrogen-bond acceptors (Lipinski definition) is 3. The molecular formula is C17H25N3O. The monoisotopic (exact) mass is 287 g/mol. The first-order valence-electron chi connectivity index (χ1n) is 7.42. The average molecular weight is 287 g/mol. The summed E-state index contributed by atoms with van der Waals surface area (Å²) in [6.07, 6.45) is 3.88. The van der Waals surface area contributed by atoms with Crippen molar-refractivity contribution in [3.63, 3.8) is 0 Å². The van der Waals surface area contributed by atoms with Crippen molar-refractivity contribution in [3.05, 3.63) is 47.5 Å². The van der Waals surface area contributed by atoms with E-state index in [0.29, 0.717) is 6.04 Å². The number of benzene rings is 1. The van der Waals surface area contributed by atoms with Gasteiger partial charge in [0.05, 0.1) is 13.7 Å². The van der Waals surface area contributed by atoms with E-state index in [0.717, 1.165) is 18.1 Å². The van der Waals surface area contributed by atoms with E-state index in [-0.39, 0.29) is 6.04 Å². The summed E-state index contributed by atoms with van der Waals surface area (Å²) in [5, 5.41) is 3.54. The van der Waals surface area contributed by atoms with Crippen molar-refractivity contribution < 1.29 is 4.74 Å². The molecule has 1 atom stereocenters. The predicted molar refractivity (Wildman–Crippen MR) is 85.6 cm³/mol. The summed E-state index contributed by atoms with van der Waals surface area (Å²) < 4.78 is 7.65. The largest absolute Gasteiger partial charge is 0.496 e. The van der Waals surface area contributed by atoms with Crippen LogP contribution in [0.2, 0.25) is 0 Å². The highest BCUT2D eigenvalue weighted by molar-refractivity contribution is 5.38. The minimum Gasteiger partial charge on any atom is -0.496 e. The van der Waals surface area contributed by atoms with Gasteiger partial charge in [0.25, 0.3) is 0 Å². The Bertz CT molecular complexity index is 589. The molecule has 1 heterocycles. The van der Waals surface area contributed by atoms with Crippen LogP contribution in [0.1, 0.15) is 49.8 Å². The lowest BCUT2D eigenvalue weighted by molar-refractivity contribution is 0.400. The third kappa shape index (κ3) is 3.64. The zero-order valence-electron chi connectivity index (χ0n) is 13.6. The molecule has 0 fully saturated rings. The molecule has 2 aromatic rings. The number of aromatic nitrogens is 2. The third-order valence-electron chi connectivity index (χ3n) is 3.72. The van der Waals surface area contributed by atoms with Gasteiger partial charge in [-0.2, -0.15) is 0 Å². The number of ether oxygens (including phenoxy) is 1. The fraction of sp³-hybridized carbons (Fsp3) is 0.471. The van der Waals surface area contributed by atoms with Gasteiger partial charge < -0.3 is 14.6 Å². The van der Waals surface area contributed by atoms with Gasteiger partial charge in [-0.1, -0.05) is 17.7 Å². The third-order valence-corrected chi connectivity index (χ3v) is 3.72. The molecule has 0 bridgehead atoms. The molecule has 1 aromatic carbocycles. The second-order valence-electron chi connectivity index (χ2n) is 5.69. The first-order chi connectivity index (χ1) is 10.0. The van der Waals surface area contributed by atoms with Gasteiger partial charge in [-0.3, -0.25) is 0 Å². The highest BCUT2D eigenvalue weighted by Gasteiger charge is 2.13. The summed E-state index contributed by atoms with van der Waals surface area (Å²) in [5.41, 5.74) is 2.42. The molecule has 0 amide bonds. The van der Waals surface area contributed by atoms with E-state index in [1.54, 1.807) is 7.11 Å². The first-order valence-corrected chi connectivity index (χ1v) is 7.42. The first kappa shape index (κ1) is 15.6. The van der Waals surface area contributed by atoms with Crippen molar-refractivity contribution in [3.8, 4) is 5.75 Å². The van der Waals surface area contributed by atoms with E-state index in [1.807, 2.05) is 18.5 Å². The lowest BCUT2D eigenvalue weighted by atomic mass is 10.0. The van der Waals surface area contributed by atoms with Crippen LogP contribution in [0.5, 0.6) is 5.75 Å². The topological polar surface area (TPSA) is 39.1 Å². The van der Waals surface area contributed by atoms with E-state index in [2.05, 4.69) is 54.7 Å². The number of imidazole rings is 1. The van der Waals surface area contributed by atoms with Crippen molar-refractivity contribution in [2.24, 2.45) is 0 Å². The number of nitrogens with zero attached hydrogens (tertiary/aromatic N) is 2. The average Bonchev–Trinajstić information content (AvgIpc) is 2.93. The quantitative estimate of drug-likeness (QED) is 0.881. The molecule has 4 heteroatoms. The van der Waals surface area contributed by atoms with Crippen LogP contribution in [-0.2, 0) is 6.54 Å². The maximum absolute atomic E-state index is 5.46. The minimum absolute atomic E-state index is 0.206. The molecule has 0 saturated heterocycles. The molecule has 1 N–H and O–H groups in total. The number of nitrogens with one attached hydrogen (secondary N) is 1. The Morgan fingerprint density at radius 2 is 2.05 bits per heavy atom. The Morgan fingerprint density at radius 1 is 1.29 bits per heavy atom. The molecule has 0 aliphatic carbocycles. The number of hydrogen-bond donors (Lipinski definition) is 1. The second-order valence-corrected chi connectivity index (χ2v) is 5.69. The zero-order valence-corrected chi connectivity index (χ0v) is 13.6. The van der Waals surface area contributed by atoms with Gasteiger partial charge in [0.1, 0.15) is 11.6 Å². The van der Waals surface area contributed by atoms with Gasteiger partial charge >= 0.3 is 0 Å². The van der Waals surface area contributed by atoms with Crippen LogP contribution < -0.4 is 10.1 Å². The molecule has 2 rings (SSSR count). The Kier molecular flexibility index (Phi) is 5.02. The molecule has 0 unspecified atom stereocenters. The van der Waals surface area contributed by atoms with Gasteiger partial charge in [-0.05, 0) is 33.8 Å². The van der Waals surface area contributed by atoms with E-state index >= 15 is 0 Å². The summed E-state index contributed by atoms with van der Waals surface area (Å²) >= 11 is 0. The predicted octanol–water partition coefficient (Wildman–Crippen LogP) is 3.63. The fourth-order valence-corrected chi connectivity index (χ4v) is 2.50. The molecule has 1 aromatic heterocycles. The zero-order chi connectivity index (χ0) is 15.4. The van der Waals surface area contributed by atoms with E-state index in [4.69, 9.17) is 4.74 Å². The Labute approximate surface area is 127 Å². The lowest BCUT2D eigenvalue weighted by Crippen LogP contribution is -2.21. The summed E-state index contributed by atoms with van der Waals surface area (Å²) in [5.74, 6) is 1.98. The Balaban J connectivity index is 2.10. The smallest absolute Gasteiger partial charge is 0.123 e. The SMILES string of the molecule is COc1ccc(C)cc1[C@H](C)NCc1nccn1C(C)C. The number of aryl methyl sites for hydroxylation is 1. The summed E-state index contributed by atoms with van der Waals surface area (Å²) in [6, 6.07) is 6.90. The van der Waals surface area contributed by atoms with E-state index in [1.165, 1.54) is 11.1 Å². The molecule has 4 nitrogen and oxygen atoms in total. The van der Waals surface area contributed by atoms with Crippen LogP contribution in [0.3, 0.4) is 0 Å². The van der Waals surface area contributed by atoms with Crippen LogP contribution >= 0.6 is 0 Å². The van der Waals surface area contributed by atoms with Crippen LogP contribution in [0.4, 0.5) is 0 Å². The lowest BCUT2D eigenvalue weighted by Gasteiger charge is -2.19. The van der Waals surface area contributed by atoms with Gasteiger partial charge in [0, 0.05) is 30.0 Å². The summed E-state index contributed by atoms with van der Waals surface area (Å²) in [4.78, 5) is 4.43. The molecule has 0 saturated carbocycles. The standard InChI is InChI=1S/C17H25N3O/c1-12(2)20-9-8-18-17(20)11-19-14(4)15-10-13(3)6-7-16(15)21-5/h6-10,12,14,19H,11H2,1-5H3/t14-/m0/s1. The van der Waals surface area contributed by atoms with Gasteiger partial charge in [0.2, 0.25) is 0 Å². The molecular weight excluding hydrogens is 262 g/mol.